The molecule has 0 aliphatic heterocycles. The fraction of sp³-hybridized carbons (Fsp3) is 0.188. The molecule has 0 aromatic heterocycles. The van der Waals surface area contributed by atoms with Crippen LogP contribution in [0.1, 0.15) is 22.8 Å². The van der Waals surface area contributed by atoms with Gasteiger partial charge in [-0.2, -0.15) is 0 Å². The fourth-order valence-corrected chi connectivity index (χ4v) is 2.27. The van der Waals surface area contributed by atoms with Crippen molar-refractivity contribution in [3.05, 3.63) is 63.9 Å². The number of ketones is 1. The lowest BCUT2D eigenvalue weighted by Gasteiger charge is -2.06. The molecule has 20 heavy (non-hydrogen) atoms. The SMILES string of the molecule is CCOc1ccc(C(=O)Cc2cc(Br)ccc2F)cc1. The van der Waals surface area contributed by atoms with E-state index in [1.807, 2.05) is 6.92 Å². The topological polar surface area (TPSA) is 26.3 Å². The van der Waals surface area contributed by atoms with Crippen molar-refractivity contribution >= 4 is 21.7 Å². The van der Waals surface area contributed by atoms with Crippen molar-refractivity contribution in [2.24, 2.45) is 0 Å². The standard InChI is InChI=1S/C16H14BrFO2/c1-2-20-14-6-3-11(4-7-14)16(19)10-12-9-13(17)5-8-15(12)18/h3-9H,2,10H2,1H3. The average molecular weight is 337 g/mol. The van der Waals surface area contributed by atoms with E-state index < -0.39 is 0 Å². The molecule has 2 rings (SSSR count). The first-order valence-electron chi connectivity index (χ1n) is 6.30. The van der Waals surface area contributed by atoms with Gasteiger partial charge in [0.15, 0.2) is 5.78 Å². The molecule has 2 aromatic carbocycles. The van der Waals surface area contributed by atoms with Crippen LogP contribution in [0.4, 0.5) is 4.39 Å². The number of rotatable bonds is 5. The second-order valence-electron chi connectivity index (χ2n) is 4.29. The minimum atomic E-state index is -0.368. The molecular formula is C16H14BrFO2. The van der Waals surface area contributed by atoms with Crippen molar-refractivity contribution < 1.29 is 13.9 Å². The second kappa shape index (κ2) is 6.66. The Labute approximate surface area is 125 Å². The molecular weight excluding hydrogens is 323 g/mol. The summed E-state index contributed by atoms with van der Waals surface area (Å²) in [6, 6.07) is 11.5. The van der Waals surface area contributed by atoms with Crippen LogP contribution in [-0.4, -0.2) is 12.4 Å². The number of halogens is 2. The van der Waals surface area contributed by atoms with Crippen LogP contribution >= 0.6 is 15.9 Å². The van der Waals surface area contributed by atoms with Crippen LogP contribution in [0.3, 0.4) is 0 Å². The zero-order valence-electron chi connectivity index (χ0n) is 11.0. The summed E-state index contributed by atoms with van der Waals surface area (Å²) in [5.74, 6) is 0.232. The van der Waals surface area contributed by atoms with Gasteiger partial charge >= 0.3 is 0 Å². The molecule has 0 radical (unpaired) electrons. The van der Waals surface area contributed by atoms with Gasteiger partial charge in [0, 0.05) is 16.5 Å². The van der Waals surface area contributed by atoms with Crippen molar-refractivity contribution in [3.8, 4) is 5.75 Å². The lowest BCUT2D eigenvalue weighted by molar-refractivity contribution is 0.0992. The van der Waals surface area contributed by atoms with Gasteiger partial charge in [0.05, 0.1) is 6.61 Å². The summed E-state index contributed by atoms with van der Waals surface area (Å²) in [4.78, 5) is 12.1. The number of hydrogen-bond donors (Lipinski definition) is 0. The Balaban J connectivity index is 2.13. The number of benzene rings is 2. The normalized spacial score (nSPS) is 10.3. The highest BCUT2D eigenvalue weighted by molar-refractivity contribution is 9.10. The van der Waals surface area contributed by atoms with Crippen LogP contribution in [-0.2, 0) is 6.42 Å². The smallest absolute Gasteiger partial charge is 0.167 e. The Hall–Kier alpha value is -1.68. The predicted molar refractivity (Wildman–Crippen MR) is 79.7 cm³/mol. The minimum Gasteiger partial charge on any atom is -0.494 e. The van der Waals surface area contributed by atoms with Gasteiger partial charge in [0.1, 0.15) is 11.6 Å². The summed E-state index contributed by atoms with van der Waals surface area (Å²) in [6.45, 7) is 2.48. The van der Waals surface area contributed by atoms with Gasteiger partial charge in [0.25, 0.3) is 0 Å². The van der Waals surface area contributed by atoms with Crippen LogP contribution in [0.25, 0.3) is 0 Å². The van der Waals surface area contributed by atoms with Gasteiger partial charge in [-0.25, -0.2) is 4.39 Å². The molecule has 0 unspecified atom stereocenters. The van der Waals surface area contributed by atoms with Gasteiger partial charge < -0.3 is 4.74 Å². The minimum absolute atomic E-state index is 0.0409. The third-order valence-corrected chi connectivity index (χ3v) is 3.34. The van der Waals surface area contributed by atoms with E-state index in [1.165, 1.54) is 6.07 Å². The highest BCUT2D eigenvalue weighted by Gasteiger charge is 2.11. The van der Waals surface area contributed by atoms with Gasteiger partial charge in [-0.1, -0.05) is 15.9 Å². The lowest BCUT2D eigenvalue weighted by atomic mass is 10.0. The maximum atomic E-state index is 13.6. The molecule has 0 bridgehead atoms. The first-order chi connectivity index (χ1) is 9.60. The van der Waals surface area contributed by atoms with E-state index in [1.54, 1.807) is 36.4 Å². The van der Waals surface area contributed by atoms with E-state index in [2.05, 4.69) is 15.9 Å². The van der Waals surface area contributed by atoms with Gasteiger partial charge in [0.2, 0.25) is 0 Å². The molecule has 0 N–H and O–H groups in total. The van der Waals surface area contributed by atoms with Crippen LogP contribution in [0.5, 0.6) is 5.75 Å². The Morgan fingerprint density at radius 3 is 2.55 bits per heavy atom. The molecule has 0 atom stereocenters. The zero-order chi connectivity index (χ0) is 14.5. The van der Waals surface area contributed by atoms with Crippen LogP contribution in [0, 0.1) is 5.82 Å². The quantitative estimate of drug-likeness (QED) is 0.756. The molecule has 4 heteroatoms. The molecule has 0 spiro atoms. The van der Waals surface area contributed by atoms with Crippen LogP contribution < -0.4 is 4.74 Å². The first-order valence-corrected chi connectivity index (χ1v) is 7.09. The zero-order valence-corrected chi connectivity index (χ0v) is 12.6. The molecule has 2 aromatic rings. The largest absolute Gasteiger partial charge is 0.494 e. The monoisotopic (exact) mass is 336 g/mol. The highest BCUT2D eigenvalue weighted by atomic mass is 79.9. The van der Waals surface area contributed by atoms with E-state index in [0.717, 1.165) is 10.2 Å². The van der Waals surface area contributed by atoms with Gasteiger partial charge in [-0.3, -0.25) is 4.79 Å². The van der Waals surface area contributed by atoms with Crippen molar-refractivity contribution in [2.45, 2.75) is 13.3 Å². The Morgan fingerprint density at radius 2 is 1.90 bits per heavy atom. The molecule has 2 nitrogen and oxygen atoms in total. The fourth-order valence-electron chi connectivity index (χ4n) is 1.86. The number of carbonyl (C=O) groups excluding carboxylic acids is 1. The highest BCUT2D eigenvalue weighted by Crippen LogP contribution is 2.19. The van der Waals surface area contributed by atoms with E-state index >= 15 is 0 Å². The van der Waals surface area contributed by atoms with Crippen LogP contribution in [0.2, 0.25) is 0 Å². The maximum Gasteiger partial charge on any atom is 0.167 e. The molecule has 0 aliphatic rings. The van der Waals surface area contributed by atoms with E-state index in [0.29, 0.717) is 17.7 Å². The number of carbonyl (C=O) groups is 1. The molecule has 0 heterocycles. The number of ether oxygens (including phenoxy) is 1. The molecule has 0 aliphatic carbocycles. The summed E-state index contributed by atoms with van der Waals surface area (Å²) in [5, 5.41) is 0. The van der Waals surface area contributed by atoms with E-state index in [-0.39, 0.29) is 18.0 Å². The Bertz CT molecular complexity index is 608. The van der Waals surface area contributed by atoms with Crippen molar-refractivity contribution in [2.75, 3.05) is 6.61 Å². The van der Waals surface area contributed by atoms with E-state index in [9.17, 15) is 9.18 Å². The number of hydrogen-bond acceptors (Lipinski definition) is 2. The molecule has 0 saturated carbocycles. The first kappa shape index (κ1) is 14.7. The predicted octanol–water partition coefficient (Wildman–Crippen LogP) is 4.41. The van der Waals surface area contributed by atoms with Gasteiger partial charge in [-0.15, -0.1) is 0 Å². The van der Waals surface area contributed by atoms with Crippen LogP contribution in [0.15, 0.2) is 46.9 Å². The molecule has 0 saturated heterocycles. The molecule has 0 fully saturated rings. The van der Waals surface area contributed by atoms with Gasteiger partial charge in [-0.05, 0) is 55.0 Å². The lowest BCUT2D eigenvalue weighted by Crippen LogP contribution is -2.05. The summed E-state index contributed by atoms with van der Waals surface area (Å²) < 4.78 is 19.7. The third-order valence-electron chi connectivity index (χ3n) is 2.85. The summed E-state index contributed by atoms with van der Waals surface area (Å²) in [7, 11) is 0. The number of Topliss-reactive ketones (excluding diaryl/α,β-unsaturated/α-hetero) is 1. The second-order valence-corrected chi connectivity index (χ2v) is 5.21. The Kier molecular flexibility index (Phi) is 4.90. The van der Waals surface area contributed by atoms with Crippen molar-refractivity contribution in [3.63, 3.8) is 0 Å². The van der Waals surface area contributed by atoms with Crippen molar-refractivity contribution in [1.29, 1.82) is 0 Å². The summed E-state index contributed by atoms with van der Waals surface area (Å²) in [6.07, 6.45) is 0.0409. The third kappa shape index (κ3) is 3.67. The van der Waals surface area contributed by atoms with Crippen molar-refractivity contribution in [1.82, 2.24) is 0 Å². The maximum absolute atomic E-state index is 13.6. The van der Waals surface area contributed by atoms with E-state index in [4.69, 9.17) is 4.74 Å². The Morgan fingerprint density at radius 1 is 1.20 bits per heavy atom. The summed E-state index contributed by atoms with van der Waals surface area (Å²) in [5.41, 5.74) is 0.936. The average Bonchev–Trinajstić information content (AvgIpc) is 2.44. The summed E-state index contributed by atoms with van der Waals surface area (Å²) >= 11 is 3.27. The molecule has 0 amide bonds. The molecule has 104 valence electrons.